The Morgan fingerprint density at radius 1 is 1.28 bits per heavy atom. The lowest BCUT2D eigenvalue weighted by atomic mass is 10.1. The lowest BCUT2D eigenvalue weighted by molar-refractivity contribution is 0.157. The smallest absolute Gasteiger partial charge is 0.404 e. The maximum absolute atomic E-state index is 13.7. The number of carbonyl (C=O) groups is 1. The van der Waals surface area contributed by atoms with E-state index in [0.29, 0.717) is 13.0 Å². The minimum atomic E-state index is -0.814. The average molecular weight is 415 g/mol. The third-order valence-electron chi connectivity index (χ3n) is 4.20. The number of aromatic nitrogens is 3. The number of halogens is 1. The van der Waals surface area contributed by atoms with Crippen LogP contribution in [0.2, 0.25) is 0 Å². The third kappa shape index (κ3) is 5.57. The van der Waals surface area contributed by atoms with E-state index in [1.54, 1.807) is 12.3 Å². The summed E-state index contributed by atoms with van der Waals surface area (Å²) in [5.74, 6) is 0.637. The second kappa shape index (κ2) is 9.56. The molecule has 2 N–H and O–H groups in total. The zero-order valence-corrected chi connectivity index (χ0v) is 17.2. The first-order chi connectivity index (χ1) is 13.9. The van der Waals surface area contributed by atoms with Crippen LogP contribution < -0.4 is 5.73 Å². The molecule has 0 unspecified atom stereocenters. The molecule has 8 heteroatoms. The number of primary amides is 1. The largest absolute Gasteiger partial charge is 0.449 e. The number of hydrogen-bond donors (Lipinski definition) is 1. The van der Waals surface area contributed by atoms with E-state index in [1.165, 1.54) is 23.9 Å². The molecule has 0 bridgehead atoms. The fraction of sp³-hybridized carbons (Fsp3) is 0.286. The number of benzene rings is 1. The van der Waals surface area contributed by atoms with E-state index >= 15 is 0 Å². The fourth-order valence-corrected chi connectivity index (χ4v) is 4.09. The predicted octanol–water partition coefficient (Wildman–Crippen LogP) is 4.38. The van der Waals surface area contributed by atoms with Crippen LogP contribution in [0, 0.1) is 5.82 Å². The van der Waals surface area contributed by atoms with Gasteiger partial charge in [-0.25, -0.2) is 14.2 Å². The van der Waals surface area contributed by atoms with Crippen molar-refractivity contribution >= 4 is 17.9 Å². The lowest BCUT2D eigenvalue weighted by Crippen LogP contribution is -2.16. The fourth-order valence-electron chi connectivity index (χ4n) is 2.88. The van der Waals surface area contributed by atoms with Gasteiger partial charge in [0.05, 0.1) is 17.9 Å². The Hall–Kier alpha value is -2.87. The third-order valence-corrected chi connectivity index (χ3v) is 5.31. The maximum atomic E-state index is 13.7. The van der Waals surface area contributed by atoms with Crippen molar-refractivity contribution in [3.05, 3.63) is 71.7 Å². The molecule has 1 amide bonds. The van der Waals surface area contributed by atoms with Crippen LogP contribution >= 0.6 is 11.8 Å². The summed E-state index contributed by atoms with van der Waals surface area (Å²) in [7, 11) is 0. The van der Waals surface area contributed by atoms with Crippen molar-refractivity contribution in [3.63, 3.8) is 0 Å². The van der Waals surface area contributed by atoms with Gasteiger partial charge in [-0.1, -0.05) is 37.7 Å². The van der Waals surface area contributed by atoms with Gasteiger partial charge in [0.1, 0.15) is 23.3 Å². The molecule has 6 nitrogen and oxygen atoms in total. The zero-order valence-electron chi connectivity index (χ0n) is 16.3. The Bertz CT molecular complexity index is 976. The van der Waals surface area contributed by atoms with Gasteiger partial charge in [0, 0.05) is 17.5 Å². The number of pyridine rings is 1. The number of rotatable bonds is 8. The van der Waals surface area contributed by atoms with E-state index in [1.807, 2.05) is 24.3 Å². The number of hydrogen-bond acceptors (Lipinski definition) is 5. The van der Waals surface area contributed by atoms with Crippen LogP contribution in [-0.4, -0.2) is 27.2 Å². The molecule has 0 aliphatic rings. The van der Waals surface area contributed by atoms with Gasteiger partial charge in [0.2, 0.25) is 0 Å². The molecule has 0 fully saturated rings. The molecule has 0 saturated heterocycles. The number of carbonyl (C=O) groups excluding carboxylic acids is 1. The summed E-state index contributed by atoms with van der Waals surface area (Å²) >= 11 is 1.46. The molecule has 0 radical (unpaired) electrons. The standard InChI is InChI=1S/C21H23FN4O2S/c1-14(2)19-20(29-17-8-5-6-15(22)12-17)26(13-16-7-3-4-10-24-16)18(25-19)9-11-28-21(23)27/h3-8,10,12,14H,9,11,13H2,1-2H3,(H2,23,27). The molecule has 0 saturated carbocycles. The van der Waals surface area contributed by atoms with Gasteiger partial charge in [-0.3, -0.25) is 4.98 Å². The van der Waals surface area contributed by atoms with Gasteiger partial charge < -0.3 is 15.0 Å². The highest BCUT2D eigenvalue weighted by molar-refractivity contribution is 7.99. The first-order valence-corrected chi connectivity index (χ1v) is 10.1. The van der Waals surface area contributed by atoms with Crippen molar-refractivity contribution in [3.8, 4) is 0 Å². The van der Waals surface area contributed by atoms with Crippen molar-refractivity contribution in [2.45, 2.75) is 42.7 Å². The van der Waals surface area contributed by atoms with E-state index in [9.17, 15) is 9.18 Å². The van der Waals surface area contributed by atoms with Crippen LogP contribution in [0.1, 0.15) is 37.0 Å². The molecule has 152 valence electrons. The first-order valence-electron chi connectivity index (χ1n) is 9.29. The Morgan fingerprint density at radius 3 is 2.76 bits per heavy atom. The Labute approximate surface area is 173 Å². The summed E-state index contributed by atoms with van der Waals surface area (Å²) in [6, 6.07) is 12.2. The zero-order chi connectivity index (χ0) is 20.8. The Balaban J connectivity index is 2.01. The van der Waals surface area contributed by atoms with Crippen molar-refractivity contribution < 1.29 is 13.9 Å². The first kappa shape index (κ1) is 20.9. The summed E-state index contributed by atoms with van der Waals surface area (Å²) in [6.45, 7) is 4.76. The second-order valence-electron chi connectivity index (χ2n) is 6.76. The van der Waals surface area contributed by atoms with Crippen LogP contribution in [0.25, 0.3) is 0 Å². The molecule has 0 aliphatic carbocycles. The predicted molar refractivity (Wildman–Crippen MR) is 109 cm³/mol. The maximum Gasteiger partial charge on any atom is 0.404 e. The minimum Gasteiger partial charge on any atom is -0.449 e. The Morgan fingerprint density at radius 2 is 2.10 bits per heavy atom. The SMILES string of the molecule is CC(C)c1nc(CCOC(N)=O)n(Cc2ccccn2)c1Sc1cccc(F)c1. The normalized spacial score (nSPS) is 11.0. The van der Waals surface area contributed by atoms with Crippen LogP contribution in [0.3, 0.4) is 0 Å². The highest BCUT2D eigenvalue weighted by Gasteiger charge is 2.21. The molecule has 3 rings (SSSR count). The van der Waals surface area contributed by atoms with Crippen LogP contribution in [-0.2, 0) is 17.7 Å². The molecule has 29 heavy (non-hydrogen) atoms. The van der Waals surface area contributed by atoms with Gasteiger partial charge in [0.15, 0.2) is 0 Å². The summed E-state index contributed by atoms with van der Waals surface area (Å²) in [5, 5.41) is 0.922. The van der Waals surface area contributed by atoms with Crippen molar-refractivity contribution in [1.82, 2.24) is 14.5 Å². The average Bonchev–Trinajstić information content (AvgIpc) is 3.00. The van der Waals surface area contributed by atoms with E-state index < -0.39 is 6.09 Å². The van der Waals surface area contributed by atoms with Crippen molar-refractivity contribution in [1.29, 1.82) is 0 Å². The number of nitrogens with zero attached hydrogens (tertiary/aromatic N) is 3. The monoisotopic (exact) mass is 414 g/mol. The molecule has 0 spiro atoms. The summed E-state index contributed by atoms with van der Waals surface area (Å²) in [5.41, 5.74) is 6.86. The number of nitrogens with two attached hydrogens (primary N) is 1. The summed E-state index contributed by atoms with van der Waals surface area (Å²) in [4.78, 5) is 21.0. The molecule has 3 aromatic rings. The minimum absolute atomic E-state index is 0.135. The van der Waals surface area contributed by atoms with Gasteiger partial charge in [0.25, 0.3) is 0 Å². The van der Waals surface area contributed by atoms with Crippen LogP contribution in [0.4, 0.5) is 9.18 Å². The summed E-state index contributed by atoms with van der Waals surface area (Å²) < 4.78 is 20.7. The summed E-state index contributed by atoms with van der Waals surface area (Å²) in [6.07, 6.45) is 1.34. The van der Waals surface area contributed by atoms with Gasteiger partial charge in [-0.2, -0.15) is 0 Å². The van der Waals surface area contributed by atoms with Gasteiger partial charge >= 0.3 is 6.09 Å². The highest BCUT2D eigenvalue weighted by Crippen LogP contribution is 2.35. The molecular weight excluding hydrogens is 391 g/mol. The Kier molecular flexibility index (Phi) is 6.87. The van der Waals surface area contributed by atoms with E-state index in [2.05, 4.69) is 23.4 Å². The van der Waals surface area contributed by atoms with E-state index in [0.717, 1.165) is 27.1 Å². The molecular formula is C21H23FN4O2S. The molecule has 1 aromatic carbocycles. The molecule has 0 atom stereocenters. The number of imidazole rings is 1. The molecule has 2 heterocycles. The van der Waals surface area contributed by atoms with Crippen LogP contribution in [0.15, 0.2) is 58.6 Å². The molecule has 0 aliphatic heterocycles. The number of ether oxygens (including phenoxy) is 1. The molecule has 2 aromatic heterocycles. The topological polar surface area (TPSA) is 83.0 Å². The van der Waals surface area contributed by atoms with E-state index in [4.69, 9.17) is 15.5 Å². The lowest BCUT2D eigenvalue weighted by Gasteiger charge is -2.13. The van der Waals surface area contributed by atoms with Crippen molar-refractivity contribution in [2.75, 3.05) is 6.61 Å². The highest BCUT2D eigenvalue weighted by atomic mass is 32.2. The van der Waals surface area contributed by atoms with Gasteiger partial charge in [-0.15, -0.1) is 0 Å². The van der Waals surface area contributed by atoms with Crippen molar-refractivity contribution in [2.24, 2.45) is 5.73 Å². The quantitative estimate of drug-likeness (QED) is 0.591. The second-order valence-corrected chi connectivity index (χ2v) is 7.82. The van der Waals surface area contributed by atoms with E-state index in [-0.39, 0.29) is 18.3 Å². The number of amides is 1. The van der Waals surface area contributed by atoms with Gasteiger partial charge in [-0.05, 0) is 36.2 Å². The van der Waals surface area contributed by atoms with Crippen LogP contribution in [0.5, 0.6) is 0 Å².